The molecule has 69 heavy (non-hydrogen) atoms. The molecule has 3 aliphatic rings. The first-order valence-corrected chi connectivity index (χ1v) is 19.7. The molecule has 3 heterocycles. The molecular weight excluding hydrogens is 948 g/mol. The number of amides is 1. The molecule has 1 unspecified atom stereocenters. The van der Waals surface area contributed by atoms with E-state index in [1.165, 1.54) is 91.8 Å². The van der Waals surface area contributed by atoms with E-state index in [2.05, 4.69) is 24.3 Å². The number of anilines is 2. The predicted octanol–water partition coefficient (Wildman–Crippen LogP) is -2.93. The molecule has 18 nitrogen and oxygen atoms in total. The Morgan fingerprint density at radius 2 is 1.14 bits per heavy atom. The van der Waals surface area contributed by atoms with Gasteiger partial charge >= 0.3 is 72.3 Å². The minimum Gasteiger partial charge on any atom is -1.00 e. The van der Waals surface area contributed by atoms with E-state index in [4.69, 9.17) is 36.7 Å². The quantitative estimate of drug-likeness (QED) is 0.0148. The van der Waals surface area contributed by atoms with Crippen LogP contribution in [0.25, 0.3) is 0 Å². The molecule has 0 radical (unpaired) electrons. The minimum atomic E-state index is -2.98. The van der Waals surface area contributed by atoms with Gasteiger partial charge in [0.15, 0.2) is 17.5 Å². The zero-order chi connectivity index (χ0) is 49.3. The van der Waals surface area contributed by atoms with Crippen LogP contribution in [-0.2, 0) is 29.5 Å². The number of Topliss-reactive ketones (excluding diaryl/α,β-unsaturated/α-hetero) is 2. The maximum atomic E-state index is 14.7. The van der Waals surface area contributed by atoms with Crippen molar-refractivity contribution in [2.24, 2.45) is 27.2 Å². The SMILES string of the molecule is CN1C(=O)C(c2ccc(OC(F)F)cc2)(c2ccc(F)c(N3CCOCC3)c2)N=C1N.CN=C(N)N.O=C(C(=O)c1ccc(F)c(N2CCOCC2)c1)c1ccc(OC(F)F)cc1.O=CO[O-].[H-].[Na+].[Na+]. The second-order valence-corrected chi connectivity index (χ2v) is 13.9. The molecule has 6 N–H and O–H groups in total. The van der Waals surface area contributed by atoms with Crippen LogP contribution in [0.2, 0.25) is 0 Å². The predicted molar refractivity (Wildman–Crippen MR) is 229 cm³/mol. The molecule has 0 saturated carbocycles. The van der Waals surface area contributed by atoms with Gasteiger partial charge in [0, 0.05) is 51.4 Å². The van der Waals surface area contributed by atoms with Gasteiger partial charge in [0.2, 0.25) is 11.6 Å². The van der Waals surface area contributed by atoms with Crippen LogP contribution in [0.1, 0.15) is 33.3 Å². The molecule has 2 saturated heterocycles. The third-order valence-corrected chi connectivity index (χ3v) is 9.86. The molecule has 2 fully saturated rings. The van der Waals surface area contributed by atoms with Gasteiger partial charge in [-0.2, -0.15) is 17.6 Å². The number of nitrogens with two attached hydrogens (primary N) is 3. The smallest absolute Gasteiger partial charge is 1.00 e. The fourth-order valence-corrected chi connectivity index (χ4v) is 6.60. The summed E-state index contributed by atoms with van der Waals surface area (Å²) in [6, 6.07) is 18.5. The minimum absolute atomic E-state index is 0. The number of rotatable bonds is 12. The Balaban J connectivity index is 0.000000579. The fraction of sp³-hybridized carbons (Fsp3) is 0.302. The number of alkyl halides is 4. The number of guanidine groups is 2. The van der Waals surface area contributed by atoms with Crippen molar-refractivity contribution in [3.05, 3.63) is 119 Å². The summed E-state index contributed by atoms with van der Waals surface area (Å²) < 4.78 is 97.3. The Morgan fingerprint density at radius 3 is 1.55 bits per heavy atom. The Morgan fingerprint density at radius 1 is 0.754 bits per heavy atom. The zero-order valence-corrected chi connectivity index (χ0v) is 41.8. The zero-order valence-electron chi connectivity index (χ0n) is 38.8. The van der Waals surface area contributed by atoms with E-state index in [9.17, 15) is 40.7 Å². The number of nitrogens with zero attached hydrogens (tertiary/aromatic N) is 5. The van der Waals surface area contributed by atoms with E-state index in [1.807, 2.05) is 4.90 Å². The maximum Gasteiger partial charge on any atom is 1.00 e. The van der Waals surface area contributed by atoms with Gasteiger partial charge < -0.3 is 57.5 Å². The van der Waals surface area contributed by atoms with Crippen molar-refractivity contribution < 1.29 is 135 Å². The number of carbonyl (C=O) groups is 4. The Labute approximate surface area is 437 Å². The molecule has 26 heteroatoms. The van der Waals surface area contributed by atoms with Crippen LogP contribution in [-0.4, -0.2) is 121 Å². The number of likely N-dealkylation sites (N-methyl/N-ethyl adjacent to an activating group) is 1. The third kappa shape index (κ3) is 16.3. The van der Waals surface area contributed by atoms with Gasteiger partial charge in [-0.05, 0) is 77.9 Å². The third-order valence-electron chi connectivity index (χ3n) is 9.86. The molecule has 1 atom stereocenters. The number of hydrogen-bond acceptors (Lipinski definition) is 15. The van der Waals surface area contributed by atoms with Crippen molar-refractivity contribution >= 4 is 47.2 Å². The molecule has 362 valence electrons. The van der Waals surface area contributed by atoms with Gasteiger partial charge in [-0.1, -0.05) is 18.2 Å². The summed E-state index contributed by atoms with van der Waals surface area (Å²) in [5, 5.41) is 8.43. The van der Waals surface area contributed by atoms with E-state index >= 15 is 0 Å². The van der Waals surface area contributed by atoms with Crippen molar-refractivity contribution in [1.82, 2.24) is 4.90 Å². The summed E-state index contributed by atoms with van der Waals surface area (Å²) in [6.45, 7) is -2.33. The first-order chi connectivity index (χ1) is 32.0. The summed E-state index contributed by atoms with van der Waals surface area (Å²) in [4.78, 5) is 62.1. The number of benzene rings is 4. The van der Waals surface area contributed by atoms with Crippen molar-refractivity contribution in [3.63, 3.8) is 0 Å². The average molecular weight is 995 g/mol. The number of ketones is 2. The number of carbonyl (C=O) groups excluding carboxylic acids is 4. The van der Waals surface area contributed by atoms with E-state index in [-0.39, 0.29) is 107 Å². The summed E-state index contributed by atoms with van der Waals surface area (Å²) in [5.41, 5.74) is 15.5. The summed E-state index contributed by atoms with van der Waals surface area (Å²) in [7, 11) is 3.03. The van der Waals surface area contributed by atoms with Gasteiger partial charge in [-0.25, -0.2) is 13.8 Å². The number of halogens is 6. The largest absolute Gasteiger partial charge is 1.00 e. The second kappa shape index (κ2) is 28.9. The average Bonchev–Trinajstić information content (AvgIpc) is 3.56. The van der Waals surface area contributed by atoms with E-state index < -0.39 is 47.9 Å². The summed E-state index contributed by atoms with van der Waals surface area (Å²) >= 11 is 0. The normalized spacial score (nSPS) is 16.1. The van der Waals surface area contributed by atoms with Crippen LogP contribution >= 0.6 is 0 Å². The second-order valence-electron chi connectivity index (χ2n) is 13.9. The number of aliphatic imine (C=N–C) groups is 2. The molecule has 7 rings (SSSR count). The molecule has 0 spiro atoms. The van der Waals surface area contributed by atoms with Crippen molar-refractivity contribution in [2.45, 2.75) is 18.8 Å². The van der Waals surface area contributed by atoms with Crippen molar-refractivity contribution in [2.75, 3.05) is 76.5 Å². The van der Waals surface area contributed by atoms with Gasteiger partial charge in [0.1, 0.15) is 23.1 Å². The van der Waals surface area contributed by atoms with Crippen molar-refractivity contribution in [1.29, 1.82) is 0 Å². The standard InChI is InChI=1S/C21H21F3N4O3.C19H16F3NO4.C2H7N3.CH2O3.2Na.H/c1-27-18(29)21(26-20(27)25,13-2-5-15(6-3-13)31-19(23)24)14-4-7-16(22)17(12-14)28-8-10-30-11-9-28;20-15-6-3-13(11-16(15)23-7-9-26-10-8-23)18(25)17(24)12-1-4-14(5-2-12)27-19(21)22;1-5-2(3)4;2-1-4-3;;;/h2-7,12,19H,8-11H2,1H3,(H2,25,26);1-6,11,19H,7-10H2;1H3,(H4,3,4,5);1,3H;;;/q;;;;2*+1;-1/p-1. The Hall–Kier alpha value is -5.44. The number of morpholine rings is 2. The molecule has 0 aromatic heterocycles. The van der Waals surface area contributed by atoms with Crippen molar-refractivity contribution in [3.8, 4) is 11.5 Å². The summed E-state index contributed by atoms with van der Waals surface area (Å²) in [6.07, 6.45) is 0. The van der Waals surface area contributed by atoms with E-state index in [0.29, 0.717) is 69.4 Å². The number of hydrogen-bond donors (Lipinski definition) is 3. The van der Waals surface area contributed by atoms with Crippen LogP contribution in [0.4, 0.5) is 37.7 Å². The Bertz CT molecular complexity index is 2390. The van der Waals surface area contributed by atoms with Crippen LogP contribution in [0, 0.1) is 11.6 Å². The monoisotopic (exact) mass is 994 g/mol. The van der Waals surface area contributed by atoms with Gasteiger partial charge in [0.05, 0.1) is 37.8 Å². The van der Waals surface area contributed by atoms with Gasteiger partial charge in [-0.15, -0.1) is 0 Å². The molecular formula is C43H46F6N8Na2O10. The molecule has 4 aromatic rings. The topological polar surface area (TPSA) is 250 Å². The molecule has 3 aliphatic heterocycles. The van der Waals surface area contributed by atoms with Crippen LogP contribution in [0.15, 0.2) is 94.9 Å². The molecule has 4 aromatic carbocycles. The maximum absolute atomic E-state index is 14.7. The van der Waals surface area contributed by atoms with Gasteiger partial charge in [-0.3, -0.25) is 29.1 Å². The van der Waals surface area contributed by atoms with Crippen LogP contribution < -0.4 is 101 Å². The van der Waals surface area contributed by atoms with E-state index in [0.717, 1.165) is 6.07 Å². The van der Waals surface area contributed by atoms with Gasteiger partial charge in [0.25, 0.3) is 12.4 Å². The van der Waals surface area contributed by atoms with Crippen LogP contribution in [0.5, 0.6) is 11.5 Å². The molecule has 1 amide bonds. The molecule has 0 bridgehead atoms. The number of ether oxygens (including phenoxy) is 4. The summed E-state index contributed by atoms with van der Waals surface area (Å²) in [5.74, 6) is -3.05. The van der Waals surface area contributed by atoms with Crippen LogP contribution in [0.3, 0.4) is 0 Å². The van der Waals surface area contributed by atoms with E-state index in [1.54, 1.807) is 11.0 Å². The molecule has 0 aliphatic carbocycles. The first-order valence-electron chi connectivity index (χ1n) is 19.7. The first kappa shape index (κ1) is 59.7. The Kier molecular flexibility index (Phi) is 25.0. The fourth-order valence-electron chi connectivity index (χ4n) is 6.60.